The van der Waals surface area contributed by atoms with Crippen molar-refractivity contribution in [2.75, 3.05) is 5.32 Å². The molecule has 0 aromatic heterocycles. The average molecular weight is 350 g/mol. The molecule has 21 heavy (non-hydrogen) atoms. The fourth-order valence-corrected chi connectivity index (χ4v) is 2.25. The number of hydrogen-bond donors (Lipinski definition) is 2. The molecule has 0 atom stereocenters. The first-order valence-electron chi connectivity index (χ1n) is 6.07. The highest BCUT2D eigenvalue weighted by molar-refractivity contribution is 9.10. The number of rotatable bonds is 4. The van der Waals surface area contributed by atoms with E-state index in [1.54, 1.807) is 12.1 Å². The highest BCUT2D eigenvalue weighted by Gasteiger charge is 2.16. The van der Waals surface area contributed by atoms with E-state index in [-0.39, 0.29) is 17.9 Å². The summed E-state index contributed by atoms with van der Waals surface area (Å²) in [5.74, 6) is -1.14. The SMILES string of the molecule is O=C(Nc1cccc(Br)c1C(=O)O)OCc1ccccc1. The van der Waals surface area contributed by atoms with Gasteiger partial charge in [-0.25, -0.2) is 9.59 Å². The number of amides is 1. The van der Waals surface area contributed by atoms with Crippen LogP contribution in [-0.2, 0) is 11.3 Å². The van der Waals surface area contributed by atoms with Crippen LogP contribution in [0.3, 0.4) is 0 Å². The third kappa shape index (κ3) is 4.06. The maximum atomic E-state index is 11.7. The van der Waals surface area contributed by atoms with Crippen LogP contribution in [0.1, 0.15) is 15.9 Å². The third-order valence-corrected chi connectivity index (χ3v) is 3.34. The number of nitrogens with one attached hydrogen (secondary N) is 1. The Kier molecular flexibility index (Phi) is 4.94. The molecule has 2 aromatic carbocycles. The van der Waals surface area contributed by atoms with E-state index in [0.29, 0.717) is 4.47 Å². The molecule has 5 nitrogen and oxygen atoms in total. The van der Waals surface area contributed by atoms with Crippen molar-refractivity contribution in [3.05, 3.63) is 64.1 Å². The van der Waals surface area contributed by atoms with Crippen molar-refractivity contribution >= 4 is 33.7 Å². The molecule has 2 rings (SSSR count). The molecule has 0 unspecified atom stereocenters. The Morgan fingerprint density at radius 1 is 1.10 bits per heavy atom. The molecular formula is C15H12BrNO4. The fraction of sp³-hybridized carbons (Fsp3) is 0.0667. The summed E-state index contributed by atoms with van der Waals surface area (Å²) in [6.45, 7) is 0.114. The number of carbonyl (C=O) groups excluding carboxylic acids is 1. The Bertz CT molecular complexity index is 658. The van der Waals surface area contributed by atoms with Gasteiger partial charge in [-0.2, -0.15) is 0 Å². The van der Waals surface area contributed by atoms with Crippen molar-refractivity contribution in [1.29, 1.82) is 0 Å². The summed E-state index contributed by atoms with van der Waals surface area (Å²) in [6, 6.07) is 13.9. The highest BCUT2D eigenvalue weighted by Crippen LogP contribution is 2.25. The number of aromatic carboxylic acids is 1. The zero-order valence-corrected chi connectivity index (χ0v) is 12.5. The van der Waals surface area contributed by atoms with Gasteiger partial charge >= 0.3 is 12.1 Å². The minimum absolute atomic E-state index is 0.0193. The standard InChI is InChI=1S/C15H12BrNO4/c16-11-7-4-8-12(13(11)14(18)19)17-15(20)21-9-10-5-2-1-3-6-10/h1-8H,9H2,(H,17,20)(H,18,19). The van der Waals surface area contributed by atoms with Gasteiger partial charge in [0.2, 0.25) is 0 Å². The van der Waals surface area contributed by atoms with E-state index in [0.717, 1.165) is 5.56 Å². The van der Waals surface area contributed by atoms with Gasteiger partial charge < -0.3 is 9.84 Å². The number of halogens is 1. The van der Waals surface area contributed by atoms with E-state index in [4.69, 9.17) is 9.84 Å². The molecule has 0 heterocycles. The second kappa shape index (κ2) is 6.90. The second-order valence-electron chi connectivity index (χ2n) is 4.15. The molecule has 0 aliphatic carbocycles. The summed E-state index contributed by atoms with van der Waals surface area (Å²) in [4.78, 5) is 22.9. The maximum absolute atomic E-state index is 11.7. The minimum atomic E-state index is -1.14. The molecule has 1 amide bonds. The lowest BCUT2D eigenvalue weighted by Crippen LogP contribution is -2.16. The van der Waals surface area contributed by atoms with Crippen molar-refractivity contribution in [1.82, 2.24) is 0 Å². The van der Waals surface area contributed by atoms with Crippen LogP contribution in [0.15, 0.2) is 53.0 Å². The van der Waals surface area contributed by atoms with E-state index in [1.165, 1.54) is 6.07 Å². The van der Waals surface area contributed by atoms with Gasteiger partial charge in [0.15, 0.2) is 0 Å². The number of carboxylic acids is 1. The number of ether oxygens (including phenoxy) is 1. The molecule has 0 spiro atoms. The van der Waals surface area contributed by atoms with E-state index in [2.05, 4.69) is 21.2 Å². The van der Waals surface area contributed by atoms with Crippen molar-refractivity contribution in [2.24, 2.45) is 0 Å². The first-order chi connectivity index (χ1) is 10.1. The predicted molar refractivity (Wildman–Crippen MR) is 81.4 cm³/mol. The predicted octanol–water partition coefficient (Wildman–Crippen LogP) is 3.90. The lowest BCUT2D eigenvalue weighted by Gasteiger charge is -2.10. The van der Waals surface area contributed by atoms with Gasteiger partial charge in [0.25, 0.3) is 0 Å². The van der Waals surface area contributed by atoms with Crippen molar-refractivity contribution < 1.29 is 19.4 Å². The normalized spacial score (nSPS) is 9.95. The van der Waals surface area contributed by atoms with Gasteiger partial charge in [-0.05, 0) is 33.6 Å². The van der Waals surface area contributed by atoms with E-state index >= 15 is 0 Å². The molecule has 0 bridgehead atoms. The lowest BCUT2D eigenvalue weighted by molar-refractivity contribution is 0.0697. The monoisotopic (exact) mass is 349 g/mol. The van der Waals surface area contributed by atoms with Gasteiger partial charge in [0, 0.05) is 4.47 Å². The molecule has 0 radical (unpaired) electrons. The zero-order valence-electron chi connectivity index (χ0n) is 10.9. The summed E-state index contributed by atoms with van der Waals surface area (Å²) in [7, 11) is 0. The third-order valence-electron chi connectivity index (χ3n) is 2.68. The Hall–Kier alpha value is -2.34. The van der Waals surface area contributed by atoms with Gasteiger partial charge in [0.1, 0.15) is 6.61 Å². The number of carbonyl (C=O) groups is 2. The Morgan fingerprint density at radius 3 is 2.48 bits per heavy atom. The van der Waals surface area contributed by atoms with Crippen LogP contribution in [0.5, 0.6) is 0 Å². The van der Waals surface area contributed by atoms with Crippen molar-refractivity contribution in [3.8, 4) is 0 Å². The van der Waals surface area contributed by atoms with Crippen LogP contribution in [0.25, 0.3) is 0 Å². The topological polar surface area (TPSA) is 75.6 Å². The van der Waals surface area contributed by atoms with Gasteiger partial charge in [-0.15, -0.1) is 0 Å². The fourth-order valence-electron chi connectivity index (χ4n) is 1.71. The summed E-state index contributed by atoms with van der Waals surface area (Å²) in [5, 5.41) is 11.6. The van der Waals surface area contributed by atoms with Crippen molar-refractivity contribution in [2.45, 2.75) is 6.61 Å². The van der Waals surface area contributed by atoms with Crippen molar-refractivity contribution in [3.63, 3.8) is 0 Å². The van der Waals surface area contributed by atoms with E-state index < -0.39 is 12.1 Å². The second-order valence-corrected chi connectivity index (χ2v) is 5.01. The summed E-state index contributed by atoms with van der Waals surface area (Å²) < 4.78 is 5.43. The molecule has 0 saturated heterocycles. The zero-order chi connectivity index (χ0) is 15.2. The number of hydrogen-bond acceptors (Lipinski definition) is 3. The van der Waals surface area contributed by atoms with E-state index in [9.17, 15) is 9.59 Å². The van der Waals surface area contributed by atoms with Crippen LogP contribution in [0, 0.1) is 0 Å². The smallest absolute Gasteiger partial charge is 0.411 e. The molecule has 6 heteroatoms. The summed E-state index contributed by atoms with van der Waals surface area (Å²) in [6.07, 6.45) is -0.709. The lowest BCUT2D eigenvalue weighted by atomic mass is 10.2. The largest absolute Gasteiger partial charge is 0.478 e. The van der Waals surface area contributed by atoms with E-state index in [1.807, 2.05) is 30.3 Å². The maximum Gasteiger partial charge on any atom is 0.411 e. The molecular weight excluding hydrogens is 338 g/mol. The van der Waals surface area contributed by atoms with Gasteiger partial charge in [-0.1, -0.05) is 36.4 Å². The first kappa shape index (κ1) is 15.1. The van der Waals surface area contributed by atoms with Crippen LogP contribution in [0.4, 0.5) is 10.5 Å². The van der Waals surface area contributed by atoms with Crippen LogP contribution in [0.2, 0.25) is 0 Å². The highest BCUT2D eigenvalue weighted by atomic mass is 79.9. The molecule has 2 N–H and O–H groups in total. The Labute approximate surface area is 129 Å². The minimum Gasteiger partial charge on any atom is -0.478 e. The number of anilines is 1. The molecule has 0 saturated carbocycles. The summed E-state index contributed by atoms with van der Waals surface area (Å²) >= 11 is 3.14. The Morgan fingerprint density at radius 2 is 1.81 bits per heavy atom. The van der Waals surface area contributed by atoms with Crippen LogP contribution >= 0.6 is 15.9 Å². The quantitative estimate of drug-likeness (QED) is 0.877. The molecule has 0 fully saturated rings. The average Bonchev–Trinajstić information content (AvgIpc) is 2.46. The summed E-state index contributed by atoms with van der Waals surface area (Å²) in [5.41, 5.74) is 1.00. The van der Waals surface area contributed by atoms with Gasteiger partial charge in [0.05, 0.1) is 11.3 Å². The molecule has 2 aromatic rings. The number of benzene rings is 2. The van der Waals surface area contributed by atoms with Gasteiger partial charge in [-0.3, -0.25) is 5.32 Å². The number of carboxylic acid groups (broad SMARTS) is 1. The Balaban J connectivity index is 2.03. The van der Waals surface area contributed by atoms with Crippen LogP contribution in [-0.4, -0.2) is 17.2 Å². The van der Waals surface area contributed by atoms with Crippen LogP contribution < -0.4 is 5.32 Å². The molecule has 0 aliphatic rings. The molecule has 108 valence electrons. The molecule has 0 aliphatic heterocycles. The first-order valence-corrected chi connectivity index (χ1v) is 6.86.